The van der Waals surface area contributed by atoms with E-state index in [0.717, 1.165) is 37.7 Å². The van der Waals surface area contributed by atoms with Crippen molar-refractivity contribution in [2.24, 2.45) is 0 Å². The lowest BCUT2D eigenvalue weighted by atomic mass is 9.78. The third-order valence-corrected chi connectivity index (χ3v) is 6.49. The van der Waals surface area contributed by atoms with E-state index in [4.69, 9.17) is 0 Å². The van der Waals surface area contributed by atoms with Gasteiger partial charge >= 0.3 is 0 Å². The van der Waals surface area contributed by atoms with Crippen molar-refractivity contribution >= 4 is 0 Å². The summed E-state index contributed by atoms with van der Waals surface area (Å²) in [5.74, 6) is 0.178. The Morgan fingerprint density at radius 3 is 2.41 bits per heavy atom. The van der Waals surface area contributed by atoms with Gasteiger partial charge in [-0.25, -0.2) is 0 Å². The molecule has 3 heteroatoms. The van der Waals surface area contributed by atoms with Gasteiger partial charge in [-0.3, -0.25) is 0 Å². The van der Waals surface area contributed by atoms with Crippen molar-refractivity contribution in [3.63, 3.8) is 0 Å². The molecule has 0 radical (unpaired) electrons. The Bertz CT molecular complexity index is 573. The Morgan fingerprint density at radius 1 is 1.07 bits per heavy atom. The van der Waals surface area contributed by atoms with E-state index in [1.54, 1.807) is 0 Å². The van der Waals surface area contributed by atoms with Crippen molar-refractivity contribution in [2.45, 2.75) is 115 Å². The lowest BCUT2D eigenvalue weighted by Crippen LogP contribution is -2.31. The lowest BCUT2D eigenvalue weighted by Gasteiger charge is -2.33. The summed E-state index contributed by atoms with van der Waals surface area (Å²) in [4.78, 5) is 0. The van der Waals surface area contributed by atoms with E-state index in [9.17, 15) is 15.3 Å². The van der Waals surface area contributed by atoms with Gasteiger partial charge in [0.2, 0.25) is 0 Å². The van der Waals surface area contributed by atoms with Crippen LogP contribution in [0.3, 0.4) is 0 Å². The number of hydrogen-bond donors (Lipinski definition) is 3. The minimum Gasteiger partial charge on any atom is -0.508 e. The number of benzene rings is 1. The van der Waals surface area contributed by atoms with Crippen LogP contribution in [0.15, 0.2) is 18.2 Å². The second kappa shape index (κ2) is 9.93. The molecule has 1 aliphatic carbocycles. The Kier molecular flexibility index (Phi) is 8.18. The molecule has 0 bridgehead atoms. The van der Waals surface area contributed by atoms with Crippen LogP contribution < -0.4 is 0 Å². The summed E-state index contributed by atoms with van der Waals surface area (Å²) < 4.78 is 0. The summed E-state index contributed by atoms with van der Waals surface area (Å²) in [6.07, 6.45) is 11.4. The molecule has 3 N–H and O–H groups in total. The summed E-state index contributed by atoms with van der Waals surface area (Å²) in [7, 11) is 0. The van der Waals surface area contributed by atoms with Crippen molar-refractivity contribution in [1.82, 2.24) is 0 Å². The van der Waals surface area contributed by atoms with Gasteiger partial charge in [0, 0.05) is 5.56 Å². The monoisotopic (exact) mass is 376 g/mol. The molecular weight excluding hydrogens is 336 g/mol. The van der Waals surface area contributed by atoms with Gasteiger partial charge in [-0.05, 0) is 49.1 Å². The van der Waals surface area contributed by atoms with Gasteiger partial charge in [0.1, 0.15) is 5.75 Å². The average molecular weight is 377 g/mol. The Labute approximate surface area is 165 Å². The second-order valence-electron chi connectivity index (χ2n) is 9.31. The first kappa shape index (κ1) is 22.2. The molecule has 154 valence electrons. The van der Waals surface area contributed by atoms with Gasteiger partial charge in [0.15, 0.2) is 0 Å². The molecular formula is C24H40O3. The molecule has 0 unspecified atom stereocenters. The number of rotatable bonds is 10. The zero-order valence-corrected chi connectivity index (χ0v) is 17.6. The van der Waals surface area contributed by atoms with Crippen molar-refractivity contribution in [2.75, 3.05) is 0 Å². The molecule has 0 amide bonds. The molecule has 3 nitrogen and oxygen atoms in total. The normalized spacial score (nSPS) is 18.4. The van der Waals surface area contributed by atoms with E-state index in [1.807, 2.05) is 18.2 Å². The van der Waals surface area contributed by atoms with Crippen LogP contribution in [-0.4, -0.2) is 20.9 Å². The van der Waals surface area contributed by atoms with Gasteiger partial charge in [-0.1, -0.05) is 77.8 Å². The van der Waals surface area contributed by atoms with Crippen LogP contribution >= 0.6 is 0 Å². The number of phenolic OH excluding ortho intramolecular Hbond substituents is 1. The highest BCUT2D eigenvalue weighted by atomic mass is 16.3. The summed E-state index contributed by atoms with van der Waals surface area (Å²) in [5.41, 5.74) is 1.10. The molecule has 0 spiro atoms. The summed E-state index contributed by atoms with van der Waals surface area (Å²) >= 11 is 0. The fourth-order valence-electron chi connectivity index (χ4n) is 4.41. The summed E-state index contributed by atoms with van der Waals surface area (Å²) in [5, 5.41) is 31.7. The fraction of sp³-hybridized carbons (Fsp3) is 0.750. The van der Waals surface area contributed by atoms with Crippen molar-refractivity contribution in [3.8, 4) is 5.75 Å². The number of hydrogen-bond acceptors (Lipinski definition) is 3. The largest absolute Gasteiger partial charge is 0.508 e. The second-order valence-corrected chi connectivity index (χ2v) is 9.31. The number of aliphatic hydroxyl groups is 2. The first-order valence-corrected chi connectivity index (χ1v) is 11.0. The predicted octanol–water partition coefficient (Wildman–Crippen LogP) is 6.15. The van der Waals surface area contributed by atoms with E-state index in [1.165, 1.54) is 32.1 Å². The zero-order chi connectivity index (χ0) is 19.9. The van der Waals surface area contributed by atoms with Crippen LogP contribution in [-0.2, 0) is 5.41 Å². The average Bonchev–Trinajstić information content (AvgIpc) is 2.64. The molecule has 1 atom stereocenters. The zero-order valence-electron chi connectivity index (χ0n) is 17.6. The molecule has 0 heterocycles. The first-order chi connectivity index (χ1) is 12.8. The van der Waals surface area contributed by atoms with Crippen LogP contribution in [0, 0.1) is 0 Å². The predicted molar refractivity (Wildman–Crippen MR) is 112 cm³/mol. The van der Waals surface area contributed by atoms with Gasteiger partial charge in [-0.2, -0.15) is 0 Å². The van der Waals surface area contributed by atoms with Crippen LogP contribution in [0.1, 0.15) is 115 Å². The van der Waals surface area contributed by atoms with Crippen molar-refractivity contribution in [1.29, 1.82) is 0 Å². The molecule has 1 aromatic rings. The van der Waals surface area contributed by atoms with Crippen LogP contribution in [0.2, 0.25) is 0 Å². The molecule has 1 saturated carbocycles. The minimum atomic E-state index is -0.724. The van der Waals surface area contributed by atoms with Crippen LogP contribution in [0.4, 0.5) is 0 Å². The highest BCUT2D eigenvalue weighted by molar-refractivity contribution is 5.40. The minimum absolute atomic E-state index is 0.0198. The Balaban J connectivity index is 1.96. The number of aliphatic hydroxyl groups excluding tert-OH is 1. The molecule has 0 saturated heterocycles. The van der Waals surface area contributed by atoms with Gasteiger partial charge < -0.3 is 15.3 Å². The molecule has 1 aliphatic rings. The van der Waals surface area contributed by atoms with E-state index < -0.39 is 11.7 Å². The number of aromatic hydroxyl groups is 1. The Morgan fingerprint density at radius 2 is 1.78 bits per heavy atom. The van der Waals surface area contributed by atoms with Gasteiger partial charge in [-0.15, -0.1) is 0 Å². The standard InChI is InChI=1S/C24H40O3/c1-4-5-6-8-14-23(2,3)19-11-12-20(22(26)18-19)21(25)13-17-24(27)15-9-7-10-16-24/h11-12,18,21,25-27H,4-10,13-17H2,1-3H3/t21-/m1/s1. The van der Waals surface area contributed by atoms with Gasteiger partial charge in [0.05, 0.1) is 11.7 Å². The fourth-order valence-corrected chi connectivity index (χ4v) is 4.41. The van der Waals surface area contributed by atoms with E-state index in [-0.39, 0.29) is 11.2 Å². The topological polar surface area (TPSA) is 60.7 Å². The van der Waals surface area contributed by atoms with Crippen LogP contribution in [0.5, 0.6) is 5.75 Å². The number of phenols is 1. The molecule has 0 aliphatic heterocycles. The lowest BCUT2D eigenvalue weighted by molar-refractivity contribution is -0.0159. The van der Waals surface area contributed by atoms with Crippen molar-refractivity contribution in [3.05, 3.63) is 29.3 Å². The first-order valence-electron chi connectivity index (χ1n) is 11.0. The van der Waals surface area contributed by atoms with Crippen LogP contribution in [0.25, 0.3) is 0 Å². The van der Waals surface area contributed by atoms with Gasteiger partial charge in [0.25, 0.3) is 0 Å². The SMILES string of the molecule is CCCCCCC(C)(C)c1ccc([C@H](O)CCC2(O)CCCCC2)c(O)c1. The molecule has 0 aromatic heterocycles. The molecule has 2 rings (SSSR count). The Hall–Kier alpha value is -1.06. The smallest absolute Gasteiger partial charge is 0.121 e. The quantitative estimate of drug-likeness (QED) is 0.429. The van der Waals surface area contributed by atoms with E-state index in [2.05, 4.69) is 20.8 Å². The maximum Gasteiger partial charge on any atom is 0.121 e. The maximum atomic E-state index is 10.6. The maximum absolute atomic E-state index is 10.6. The molecule has 1 fully saturated rings. The summed E-state index contributed by atoms with van der Waals surface area (Å²) in [6, 6.07) is 5.75. The molecule has 27 heavy (non-hydrogen) atoms. The summed E-state index contributed by atoms with van der Waals surface area (Å²) in [6.45, 7) is 6.67. The third kappa shape index (κ3) is 6.50. The molecule has 1 aromatic carbocycles. The highest BCUT2D eigenvalue weighted by Crippen LogP contribution is 2.38. The highest BCUT2D eigenvalue weighted by Gasteiger charge is 2.30. The van der Waals surface area contributed by atoms with E-state index in [0.29, 0.717) is 18.4 Å². The van der Waals surface area contributed by atoms with Crippen molar-refractivity contribution < 1.29 is 15.3 Å². The van der Waals surface area contributed by atoms with E-state index >= 15 is 0 Å². The number of unbranched alkanes of at least 4 members (excludes halogenated alkanes) is 3. The third-order valence-electron chi connectivity index (χ3n) is 6.49.